The fourth-order valence-electron chi connectivity index (χ4n) is 2.57. The number of anilines is 1. The zero-order valence-electron chi connectivity index (χ0n) is 14.6. The van der Waals surface area contributed by atoms with E-state index in [2.05, 4.69) is 14.9 Å². The molecule has 1 atom stereocenters. The van der Waals surface area contributed by atoms with Gasteiger partial charge in [-0.3, -0.25) is 0 Å². The van der Waals surface area contributed by atoms with Gasteiger partial charge in [-0.1, -0.05) is 11.8 Å². The Morgan fingerprint density at radius 1 is 1.48 bits per heavy atom. The molecule has 0 aliphatic carbocycles. The van der Waals surface area contributed by atoms with Gasteiger partial charge in [0.15, 0.2) is 5.16 Å². The molecule has 0 N–H and O–H groups in total. The molecule has 1 amide bonds. The molecule has 1 fully saturated rings. The molecule has 1 aromatic rings. The number of carbonyl (C=O) groups is 1. The molecule has 1 aliphatic rings. The van der Waals surface area contributed by atoms with E-state index in [4.69, 9.17) is 4.74 Å². The normalized spacial score (nSPS) is 18.7. The zero-order valence-corrected chi connectivity index (χ0v) is 15.4. The van der Waals surface area contributed by atoms with Crippen molar-refractivity contribution >= 4 is 23.7 Å². The van der Waals surface area contributed by atoms with Gasteiger partial charge in [0.05, 0.1) is 6.04 Å². The molecule has 2 rings (SSSR count). The van der Waals surface area contributed by atoms with Crippen LogP contribution in [0.2, 0.25) is 0 Å². The second kappa shape index (κ2) is 7.38. The quantitative estimate of drug-likeness (QED) is 0.624. The number of rotatable bonds is 3. The molecule has 23 heavy (non-hydrogen) atoms. The van der Waals surface area contributed by atoms with E-state index in [1.54, 1.807) is 11.1 Å². The molecule has 1 aromatic heterocycles. The minimum Gasteiger partial charge on any atom is -0.444 e. The van der Waals surface area contributed by atoms with Crippen LogP contribution in [0, 0.1) is 0 Å². The highest BCUT2D eigenvalue weighted by Crippen LogP contribution is 2.22. The lowest BCUT2D eigenvalue weighted by molar-refractivity contribution is 0.0209. The van der Waals surface area contributed by atoms with Gasteiger partial charge in [0, 0.05) is 26.3 Å². The smallest absolute Gasteiger partial charge is 0.410 e. The molecule has 7 heteroatoms. The van der Waals surface area contributed by atoms with Crippen LogP contribution in [-0.2, 0) is 4.74 Å². The Hall–Kier alpha value is -1.50. The molecule has 128 valence electrons. The van der Waals surface area contributed by atoms with E-state index in [9.17, 15) is 4.79 Å². The lowest BCUT2D eigenvalue weighted by Gasteiger charge is -2.38. The summed E-state index contributed by atoms with van der Waals surface area (Å²) in [5.41, 5.74) is -0.473. The molecule has 0 bridgehead atoms. The number of hydrogen-bond acceptors (Lipinski definition) is 6. The van der Waals surface area contributed by atoms with Crippen LogP contribution in [0.3, 0.4) is 0 Å². The molecule has 0 saturated carbocycles. The van der Waals surface area contributed by atoms with Crippen LogP contribution in [-0.4, -0.2) is 59.0 Å². The van der Waals surface area contributed by atoms with Crippen molar-refractivity contribution in [3.05, 3.63) is 12.3 Å². The van der Waals surface area contributed by atoms with Gasteiger partial charge in [-0.05, 0) is 45.9 Å². The Labute approximate surface area is 142 Å². The van der Waals surface area contributed by atoms with Crippen LogP contribution in [0.25, 0.3) is 0 Å². The second-order valence-corrected chi connectivity index (χ2v) is 7.51. The molecule has 1 unspecified atom stereocenters. The number of nitrogens with zero attached hydrogens (tertiary/aromatic N) is 4. The first kappa shape index (κ1) is 17.8. The van der Waals surface area contributed by atoms with Crippen LogP contribution in [0.4, 0.5) is 10.6 Å². The van der Waals surface area contributed by atoms with Crippen LogP contribution in [0.15, 0.2) is 17.4 Å². The Bertz CT molecular complexity index is 547. The summed E-state index contributed by atoms with van der Waals surface area (Å²) >= 11 is 1.53. The number of amides is 1. The molecule has 6 nitrogen and oxygen atoms in total. The number of ether oxygens (including phenoxy) is 1. The molecular formula is C16H26N4O2S. The van der Waals surface area contributed by atoms with E-state index < -0.39 is 5.60 Å². The van der Waals surface area contributed by atoms with Gasteiger partial charge in [-0.15, -0.1) is 0 Å². The number of hydrogen-bond donors (Lipinski definition) is 0. The van der Waals surface area contributed by atoms with Crippen molar-refractivity contribution in [2.45, 2.75) is 50.4 Å². The zero-order chi connectivity index (χ0) is 17.0. The van der Waals surface area contributed by atoms with Gasteiger partial charge in [-0.2, -0.15) is 0 Å². The summed E-state index contributed by atoms with van der Waals surface area (Å²) in [7, 11) is 1.82. The van der Waals surface area contributed by atoms with Crippen molar-refractivity contribution in [1.82, 2.24) is 14.9 Å². The van der Waals surface area contributed by atoms with Crippen molar-refractivity contribution in [3.8, 4) is 0 Å². The Morgan fingerprint density at radius 2 is 2.22 bits per heavy atom. The van der Waals surface area contributed by atoms with Crippen LogP contribution in [0.5, 0.6) is 0 Å². The summed E-state index contributed by atoms with van der Waals surface area (Å²) in [6.07, 6.45) is 5.49. The van der Waals surface area contributed by atoms with E-state index in [1.807, 2.05) is 40.1 Å². The molecular weight excluding hydrogens is 312 g/mol. The van der Waals surface area contributed by atoms with E-state index in [0.29, 0.717) is 0 Å². The van der Waals surface area contributed by atoms with Crippen LogP contribution < -0.4 is 4.90 Å². The summed E-state index contributed by atoms with van der Waals surface area (Å²) in [5, 5.41) is 0.769. The number of carbonyl (C=O) groups excluding carboxylic acids is 1. The standard InChI is InChI=1S/C16H26N4O2S/c1-16(2,3)22-15(21)19(4)12-7-6-10-20(11-12)13-8-9-17-14(18-13)23-5/h8-9,12H,6-7,10-11H2,1-5H3. The SMILES string of the molecule is CSc1nccc(N2CCCC(N(C)C(=O)OC(C)(C)C)C2)n1. The van der Waals surface area contributed by atoms with Gasteiger partial charge in [0.2, 0.25) is 0 Å². The second-order valence-electron chi connectivity index (χ2n) is 6.73. The number of thioether (sulfide) groups is 1. The molecule has 0 spiro atoms. The van der Waals surface area contributed by atoms with Crippen molar-refractivity contribution < 1.29 is 9.53 Å². The monoisotopic (exact) mass is 338 g/mol. The summed E-state index contributed by atoms with van der Waals surface area (Å²) in [6, 6.07) is 2.06. The van der Waals surface area contributed by atoms with E-state index >= 15 is 0 Å². The van der Waals surface area contributed by atoms with E-state index in [1.165, 1.54) is 11.8 Å². The van der Waals surface area contributed by atoms with Gasteiger partial charge >= 0.3 is 6.09 Å². The van der Waals surface area contributed by atoms with Crippen LogP contribution >= 0.6 is 11.8 Å². The van der Waals surface area contributed by atoms with Crippen LogP contribution in [0.1, 0.15) is 33.6 Å². The largest absolute Gasteiger partial charge is 0.444 e. The van der Waals surface area contributed by atoms with Gasteiger partial charge in [0.1, 0.15) is 11.4 Å². The maximum Gasteiger partial charge on any atom is 0.410 e. The third kappa shape index (κ3) is 4.99. The Balaban J connectivity index is 2.03. The summed E-state index contributed by atoms with van der Waals surface area (Å²) in [6.45, 7) is 7.37. The highest BCUT2D eigenvalue weighted by atomic mass is 32.2. The third-order valence-corrected chi connectivity index (χ3v) is 4.31. The average molecular weight is 338 g/mol. The van der Waals surface area contributed by atoms with E-state index in [0.717, 1.165) is 36.9 Å². The lowest BCUT2D eigenvalue weighted by Crippen LogP contribution is -2.50. The summed E-state index contributed by atoms with van der Waals surface area (Å²) in [4.78, 5) is 25.0. The fourth-order valence-corrected chi connectivity index (χ4v) is 2.92. The average Bonchev–Trinajstić information content (AvgIpc) is 2.52. The lowest BCUT2D eigenvalue weighted by atomic mass is 10.0. The topological polar surface area (TPSA) is 58.6 Å². The Morgan fingerprint density at radius 3 is 2.87 bits per heavy atom. The number of piperidine rings is 1. The highest BCUT2D eigenvalue weighted by molar-refractivity contribution is 7.98. The molecule has 1 aliphatic heterocycles. The maximum absolute atomic E-state index is 12.3. The Kier molecular flexibility index (Phi) is 5.73. The van der Waals surface area contributed by atoms with Gasteiger partial charge in [-0.25, -0.2) is 14.8 Å². The first-order valence-corrected chi connectivity index (χ1v) is 9.10. The molecule has 0 radical (unpaired) electrons. The summed E-state index contributed by atoms with van der Waals surface area (Å²) < 4.78 is 5.47. The van der Waals surface area contributed by atoms with Crippen molar-refractivity contribution in [3.63, 3.8) is 0 Å². The third-order valence-electron chi connectivity index (χ3n) is 3.75. The van der Waals surface area contributed by atoms with Crippen molar-refractivity contribution in [1.29, 1.82) is 0 Å². The van der Waals surface area contributed by atoms with E-state index in [-0.39, 0.29) is 12.1 Å². The molecule has 2 heterocycles. The predicted molar refractivity (Wildman–Crippen MR) is 93.0 cm³/mol. The number of likely N-dealkylation sites (N-methyl/N-ethyl adjacent to an activating group) is 1. The minimum atomic E-state index is -0.473. The summed E-state index contributed by atoms with van der Waals surface area (Å²) in [5.74, 6) is 0.923. The van der Waals surface area contributed by atoms with Crippen molar-refractivity contribution in [2.24, 2.45) is 0 Å². The first-order valence-electron chi connectivity index (χ1n) is 7.88. The van der Waals surface area contributed by atoms with Crippen molar-refractivity contribution in [2.75, 3.05) is 31.3 Å². The first-order chi connectivity index (χ1) is 10.8. The molecule has 0 aromatic carbocycles. The maximum atomic E-state index is 12.3. The van der Waals surface area contributed by atoms with Gasteiger partial charge in [0.25, 0.3) is 0 Å². The minimum absolute atomic E-state index is 0.131. The predicted octanol–water partition coefficient (Wildman–Crippen LogP) is 3.03. The van der Waals surface area contributed by atoms with Gasteiger partial charge < -0.3 is 14.5 Å². The fraction of sp³-hybridized carbons (Fsp3) is 0.688. The molecule has 1 saturated heterocycles. The highest BCUT2D eigenvalue weighted by Gasteiger charge is 2.29. The number of aromatic nitrogens is 2.